The summed E-state index contributed by atoms with van der Waals surface area (Å²) in [7, 11) is -3.50. The number of aromatic nitrogens is 1. The smallest absolute Gasteiger partial charge is 0.306 e. The van der Waals surface area contributed by atoms with Crippen molar-refractivity contribution in [1.29, 1.82) is 0 Å². The number of carboxylic acids is 1. The molecule has 0 spiro atoms. The predicted octanol–water partition coefficient (Wildman–Crippen LogP) is 7.46. The Bertz CT molecular complexity index is 2000. The van der Waals surface area contributed by atoms with Crippen LogP contribution in [0.4, 0.5) is 4.39 Å². The van der Waals surface area contributed by atoms with Crippen LogP contribution in [-0.2, 0) is 27.5 Å². The van der Waals surface area contributed by atoms with E-state index < -0.39 is 33.0 Å². The fourth-order valence-electron chi connectivity index (χ4n) is 6.80. The van der Waals surface area contributed by atoms with Gasteiger partial charge in [-0.05, 0) is 66.0 Å². The Morgan fingerprint density at radius 2 is 1.98 bits per heavy atom. The summed E-state index contributed by atoms with van der Waals surface area (Å²) in [6.07, 6.45) is 7.08. The van der Waals surface area contributed by atoms with Gasteiger partial charge in [-0.15, -0.1) is 0 Å². The van der Waals surface area contributed by atoms with Gasteiger partial charge in [-0.3, -0.25) is 4.79 Å². The SMILES string of the molecule is CC(Cc1cccc(C2CCCC(C)(C)CS(=O)(=O)CCc3c(c(F)cc4[nH]ccc34)Oc3cccc(c3)C3=N[N+]2=CC3)c1)C(=O)O. The second-order valence-electron chi connectivity index (χ2n) is 13.7. The fourth-order valence-corrected chi connectivity index (χ4v) is 8.80. The van der Waals surface area contributed by atoms with Crippen molar-refractivity contribution in [3.8, 4) is 11.5 Å². The molecule has 246 valence electrons. The zero-order chi connectivity index (χ0) is 33.3. The molecule has 3 heterocycles. The molecular formula is C37H41FN3O5S+. The predicted molar refractivity (Wildman–Crippen MR) is 182 cm³/mol. The van der Waals surface area contributed by atoms with Crippen molar-refractivity contribution in [3.63, 3.8) is 0 Å². The number of nitrogens with one attached hydrogen (secondary N) is 1. The van der Waals surface area contributed by atoms with Crippen LogP contribution < -0.4 is 4.74 Å². The number of aryl methyl sites for hydroxylation is 1. The minimum Gasteiger partial charge on any atom is -0.481 e. The highest BCUT2D eigenvalue weighted by Crippen LogP contribution is 2.37. The Morgan fingerprint density at radius 3 is 2.79 bits per heavy atom. The molecule has 3 aromatic carbocycles. The van der Waals surface area contributed by atoms with Crippen molar-refractivity contribution < 1.29 is 32.1 Å². The summed E-state index contributed by atoms with van der Waals surface area (Å²) in [5.41, 5.74) is 4.30. The number of H-pyrrole nitrogens is 1. The number of aromatic amines is 1. The molecule has 2 aliphatic heterocycles. The van der Waals surface area contributed by atoms with Gasteiger partial charge in [0.15, 0.2) is 27.6 Å². The van der Waals surface area contributed by atoms with Crippen LogP contribution in [-0.4, -0.2) is 52.6 Å². The van der Waals surface area contributed by atoms with Gasteiger partial charge in [0.25, 0.3) is 0 Å². The second-order valence-corrected chi connectivity index (χ2v) is 15.8. The van der Waals surface area contributed by atoms with Gasteiger partial charge >= 0.3 is 5.97 Å². The van der Waals surface area contributed by atoms with Gasteiger partial charge < -0.3 is 14.8 Å². The van der Waals surface area contributed by atoms with Crippen LogP contribution in [0.5, 0.6) is 11.5 Å². The number of nitrogens with zero attached hydrogens (tertiary/aromatic N) is 2. The number of benzene rings is 3. The molecule has 0 radical (unpaired) electrons. The van der Waals surface area contributed by atoms with Gasteiger partial charge in [-0.25, -0.2) is 12.8 Å². The molecule has 0 saturated heterocycles. The summed E-state index contributed by atoms with van der Waals surface area (Å²) in [5.74, 6) is -1.56. The summed E-state index contributed by atoms with van der Waals surface area (Å²) in [6, 6.07) is 18.5. The summed E-state index contributed by atoms with van der Waals surface area (Å²) >= 11 is 0. The van der Waals surface area contributed by atoms with E-state index in [-0.39, 0.29) is 29.7 Å². The average molecular weight is 659 g/mol. The quantitative estimate of drug-likeness (QED) is 0.221. The minimum atomic E-state index is -3.50. The topological polar surface area (TPSA) is 112 Å². The van der Waals surface area contributed by atoms with Crippen LogP contribution in [0.25, 0.3) is 10.9 Å². The number of rotatable bonds is 4. The number of ether oxygens (including phenoxy) is 1. The van der Waals surface area contributed by atoms with Crippen LogP contribution in [0.2, 0.25) is 0 Å². The highest BCUT2D eigenvalue weighted by Gasteiger charge is 2.32. The summed E-state index contributed by atoms with van der Waals surface area (Å²) < 4.78 is 50.9. The fraction of sp³-hybridized carbons (Fsp3) is 0.378. The van der Waals surface area contributed by atoms with Crippen molar-refractivity contribution in [2.75, 3.05) is 11.5 Å². The van der Waals surface area contributed by atoms with E-state index in [1.165, 1.54) is 6.07 Å². The van der Waals surface area contributed by atoms with E-state index >= 15 is 4.39 Å². The van der Waals surface area contributed by atoms with Crippen molar-refractivity contribution in [1.82, 2.24) is 4.98 Å². The molecule has 2 unspecified atom stereocenters. The number of halogens is 1. The molecule has 0 saturated carbocycles. The summed E-state index contributed by atoms with van der Waals surface area (Å²) in [5, 5.41) is 15.2. The Hall–Kier alpha value is -4.31. The molecule has 2 N–H and O–H groups in total. The average Bonchev–Trinajstić information content (AvgIpc) is 3.69. The summed E-state index contributed by atoms with van der Waals surface area (Å²) in [4.78, 5) is 14.6. The molecule has 0 aliphatic carbocycles. The first-order valence-corrected chi connectivity index (χ1v) is 18.0. The Kier molecular flexibility index (Phi) is 9.07. The maximum absolute atomic E-state index is 15.6. The monoisotopic (exact) mass is 658 g/mol. The number of aliphatic carboxylic acids is 1. The molecule has 1 aromatic heterocycles. The first-order chi connectivity index (χ1) is 22.4. The van der Waals surface area contributed by atoms with E-state index in [9.17, 15) is 18.3 Å². The van der Waals surface area contributed by atoms with Crippen LogP contribution in [0.3, 0.4) is 0 Å². The number of sulfone groups is 1. The lowest BCUT2D eigenvalue weighted by molar-refractivity contribution is -0.572. The molecule has 6 rings (SSSR count). The van der Waals surface area contributed by atoms with Crippen LogP contribution in [0.1, 0.15) is 74.8 Å². The van der Waals surface area contributed by atoms with Crippen molar-refractivity contribution in [2.45, 2.75) is 65.3 Å². The van der Waals surface area contributed by atoms with Crippen molar-refractivity contribution in [3.05, 3.63) is 94.9 Å². The molecule has 8 nitrogen and oxygen atoms in total. The molecule has 47 heavy (non-hydrogen) atoms. The standard InChI is InChI=1S/C37H40FN3O5S/c1-24(36(42)43)19-25-7-4-9-27(20-25)34-11-6-15-37(2,3)23-47(44,45)18-14-30-29-12-16-39-33(29)22-31(38)35(30)46-28-10-5-8-26(21-28)32-13-17-41(34)40-32/h4-5,7-10,12,16-17,20-22,24,34,39H,6,11,13-15,18-19,23H2,1-3H3/p+1. The molecule has 4 bridgehead atoms. The van der Waals surface area contributed by atoms with Crippen molar-refractivity contribution >= 4 is 38.6 Å². The molecule has 10 heteroatoms. The molecule has 2 aliphatic rings. The first kappa shape index (κ1) is 32.6. The van der Waals surface area contributed by atoms with Gasteiger partial charge in [-0.2, -0.15) is 0 Å². The number of hydrogen-bond acceptors (Lipinski definition) is 5. The number of hydrazone groups is 1. The lowest BCUT2D eigenvalue weighted by atomic mass is 9.87. The van der Waals surface area contributed by atoms with E-state index in [1.54, 1.807) is 19.2 Å². The van der Waals surface area contributed by atoms with Gasteiger partial charge in [0.05, 0.1) is 23.8 Å². The first-order valence-electron chi connectivity index (χ1n) is 16.2. The van der Waals surface area contributed by atoms with Gasteiger partial charge in [0, 0.05) is 46.3 Å². The lowest BCUT2D eigenvalue weighted by Crippen LogP contribution is -2.27. The van der Waals surface area contributed by atoms with Crippen LogP contribution in [0, 0.1) is 17.2 Å². The molecule has 0 amide bonds. The lowest BCUT2D eigenvalue weighted by Gasteiger charge is -2.25. The molecule has 2 atom stereocenters. The van der Waals surface area contributed by atoms with E-state index in [0.717, 1.165) is 40.6 Å². The zero-order valence-electron chi connectivity index (χ0n) is 27.0. The number of fused-ring (bicyclic) bond motifs is 7. The number of hydrogen-bond donors (Lipinski definition) is 2. The number of carboxylic acid groups (broad SMARTS) is 1. The molecular weight excluding hydrogens is 617 g/mol. The third-order valence-electron chi connectivity index (χ3n) is 9.18. The Balaban J connectivity index is 1.40. The minimum absolute atomic E-state index is 0.00913. The van der Waals surface area contributed by atoms with Crippen molar-refractivity contribution in [2.24, 2.45) is 16.4 Å². The van der Waals surface area contributed by atoms with Crippen LogP contribution in [0.15, 0.2) is 72.0 Å². The van der Waals surface area contributed by atoms with E-state index in [0.29, 0.717) is 36.1 Å². The van der Waals surface area contributed by atoms with E-state index in [1.807, 2.05) is 61.0 Å². The van der Waals surface area contributed by atoms with Gasteiger partial charge in [-0.1, -0.05) is 55.8 Å². The van der Waals surface area contributed by atoms with Gasteiger partial charge in [0.2, 0.25) is 6.04 Å². The molecule has 4 aromatic rings. The highest BCUT2D eigenvalue weighted by molar-refractivity contribution is 7.91. The van der Waals surface area contributed by atoms with Gasteiger partial charge in [0.1, 0.15) is 11.5 Å². The third-order valence-corrected chi connectivity index (χ3v) is 11.2. The Labute approximate surface area is 274 Å². The maximum atomic E-state index is 15.6. The second kappa shape index (κ2) is 13.1. The highest BCUT2D eigenvalue weighted by atomic mass is 32.2. The summed E-state index contributed by atoms with van der Waals surface area (Å²) in [6.45, 7) is 5.67. The normalized spacial score (nSPS) is 20.2. The molecule has 0 fully saturated rings. The van der Waals surface area contributed by atoms with E-state index in [2.05, 4.69) is 17.3 Å². The largest absolute Gasteiger partial charge is 0.481 e. The zero-order valence-corrected chi connectivity index (χ0v) is 27.8. The van der Waals surface area contributed by atoms with Crippen LogP contribution >= 0.6 is 0 Å². The maximum Gasteiger partial charge on any atom is 0.306 e. The van der Waals surface area contributed by atoms with E-state index in [4.69, 9.17) is 9.84 Å². The Morgan fingerprint density at radius 1 is 1.17 bits per heavy atom. The number of carbonyl (C=O) groups is 1. The third kappa shape index (κ3) is 7.48.